The van der Waals surface area contributed by atoms with Gasteiger partial charge in [0.25, 0.3) is 0 Å². The summed E-state index contributed by atoms with van der Waals surface area (Å²) in [6.45, 7) is -0.111. The molecule has 0 aromatic heterocycles. The zero-order valence-electron chi connectivity index (χ0n) is 6.07. The van der Waals surface area contributed by atoms with E-state index in [0.29, 0.717) is 6.07 Å². The Morgan fingerprint density at radius 1 is 1.25 bits per heavy atom. The quantitative estimate of drug-likeness (QED) is 0.402. The maximum Gasteiger partial charge on any atom is 0.163 e. The van der Waals surface area contributed by atoms with Crippen LogP contribution in [0.15, 0.2) is 12.1 Å². The number of halogens is 3. The topological polar surface area (TPSA) is 38.0 Å². The van der Waals surface area contributed by atoms with Gasteiger partial charge < -0.3 is 0 Å². The van der Waals surface area contributed by atoms with Crippen molar-refractivity contribution in [2.75, 3.05) is 0 Å². The second kappa shape index (κ2) is 3.55. The zero-order valence-corrected chi connectivity index (χ0v) is 6.07. The lowest BCUT2D eigenvalue weighted by Gasteiger charge is -2.02. The SMILES string of the molecule is NNCc1cc(F)cc(F)c1F. The summed E-state index contributed by atoms with van der Waals surface area (Å²) in [5.41, 5.74) is 1.98. The van der Waals surface area contributed by atoms with Crippen molar-refractivity contribution in [3.8, 4) is 0 Å². The molecule has 0 fully saturated rings. The third-order valence-electron chi connectivity index (χ3n) is 1.36. The van der Waals surface area contributed by atoms with Gasteiger partial charge in [-0.3, -0.25) is 11.3 Å². The van der Waals surface area contributed by atoms with E-state index in [1.165, 1.54) is 0 Å². The highest BCUT2D eigenvalue weighted by molar-refractivity contribution is 5.19. The number of benzene rings is 1. The van der Waals surface area contributed by atoms with Gasteiger partial charge in [-0.25, -0.2) is 13.2 Å². The van der Waals surface area contributed by atoms with E-state index in [2.05, 4.69) is 5.43 Å². The largest absolute Gasteiger partial charge is 0.271 e. The molecule has 0 heterocycles. The Morgan fingerprint density at radius 3 is 2.50 bits per heavy atom. The molecular weight excluding hydrogens is 169 g/mol. The molecule has 2 nitrogen and oxygen atoms in total. The monoisotopic (exact) mass is 176 g/mol. The predicted molar refractivity (Wildman–Crippen MR) is 37.3 cm³/mol. The Hall–Kier alpha value is -1.07. The molecule has 0 saturated carbocycles. The van der Waals surface area contributed by atoms with Crippen LogP contribution in [0.25, 0.3) is 0 Å². The molecule has 0 bridgehead atoms. The van der Waals surface area contributed by atoms with Gasteiger partial charge in [0.15, 0.2) is 11.6 Å². The van der Waals surface area contributed by atoms with Gasteiger partial charge in [-0.1, -0.05) is 0 Å². The van der Waals surface area contributed by atoms with Gasteiger partial charge in [-0.05, 0) is 6.07 Å². The van der Waals surface area contributed by atoms with Crippen molar-refractivity contribution in [3.05, 3.63) is 35.1 Å². The Labute approximate surface area is 67.2 Å². The number of nitrogens with one attached hydrogen (secondary N) is 1. The first-order valence-corrected chi connectivity index (χ1v) is 3.22. The molecule has 66 valence electrons. The summed E-state index contributed by atoms with van der Waals surface area (Å²) in [6.07, 6.45) is 0. The summed E-state index contributed by atoms with van der Waals surface area (Å²) in [7, 11) is 0. The van der Waals surface area contributed by atoms with Gasteiger partial charge in [0.1, 0.15) is 5.82 Å². The zero-order chi connectivity index (χ0) is 9.14. The van der Waals surface area contributed by atoms with E-state index in [0.717, 1.165) is 6.07 Å². The van der Waals surface area contributed by atoms with Crippen molar-refractivity contribution in [2.24, 2.45) is 5.84 Å². The van der Waals surface area contributed by atoms with Crippen LogP contribution in [-0.2, 0) is 6.54 Å². The Bertz CT molecular complexity index is 288. The van der Waals surface area contributed by atoms with Crippen LogP contribution in [0.3, 0.4) is 0 Å². The maximum absolute atomic E-state index is 12.7. The molecule has 0 aliphatic heterocycles. The lowest BCUT2D eigenvalue weighted by Crippen LogP contribution is -2.21. The molecule has 0 aliphatic carbocycles. The highest BCUT2D eigenvalue weighted by Crippen LogP contribution is 2.13. The van der Waals surface area contributed by atoms with Gasteiger partial charge in [0, 0.05) is 18.2 Å². The fraction of sp³-hybridized carbons (Fsp3) is 0.143. The van der Waals surface area contributed by atoms with Crippen LogP contribution in [0.1, 0.15) is 5.56 Å². The van der Waals surface area contributed by atoms with Crippen molar-refractivity contribution in [1.82, 2.24) is 5.43 Å². The minimum Gasteiger partial charge on any atom is -0.271 e. The second-order valence-electron chi connectivity index (χ2n) is 2.24. The van der Waals surface area contributed by atoms with Gasteiger partial charge >= 0.3 is 0 Å². The molecule has 3 N–H and O–H groups in total. The minimum atomic E-state index is -1.21. The van der Waals surface area contributed by atoms with Crippen molar-refractivity contribution in [3.63, 3.8) is 0 Å². The minimum absolute atomic E-state index is 0.111. The van der Waals surface area contributed by atoms with Crippen LogP contribution in [-0.4, -0.2) is 0 Å². The molecule has 0 aliphatic rings. The Morgan fingerprint density at radius 2 is 1.92 bits per heavy atom. The van der Waals surface area contributed by atoms with Crippen molar-refractivity contribution in [2.45, 2.75) is 6.54 Å². The number of hydrogen-bond acceptors (Lipinski definition) is 2. The van der Waals surface area contributed by atoms with Crippen LogP contribution in [0, 0.1) is 17.5 Å². The molecule has 0 saturated heterocycles. The molecule has 0 radical (unpaired) electrons. The number of hydrogen-bond donors (Lipinski definition) is 2. The molecule has 5 heteroatoms. The van der Waals surface area contributed by atoms with E-state index in [-0.39, 0.29) is 12.1 Å². The number of rotatable bonds is 2. The smallest absolute Gasteiger partial charge is 0.163 e. The molecule has 0 unspecified atom stereocenters. The third kappa shape index (κ3) is 1.75. The van der Waals surface area contributed by atoms with E-state index in [1.54, 1.807) is 0 Å². The molecule has 0 amide bonds. The average molecular weight is 176 g/mol. The first-order chi connectivity index (χ1) is 5.65. The van der Waals surface area contributed by atoms with Gasteiger partial charge in [0.2, 0.25) is 0 Å². The van der Waals surface area contributed by atoms with Gasteiger partial charge in [0.05, 0.1) is 0 Å². The average Bonchev–Trinajstić information content (AvgIpc) is 2.00. The summed E-state index contributed by atoms with van der Waals surface area (Å²) in [5, 5.41) is 0. The van der Waals surface area contributed by atoms with Crippen LogP contribution in [0.4, 0.5) is 13.2 Å². The molecular formula is C7H7F3N2. The second-order valence-corrected chi connectivity index (χ2v) is 2.24. The van der Waals surface area contributed by atoms with Crippen molar-refractivity contribution in [1.29, 1.82) is 0 Å². The standard InChI is InChI=1S/C7H7F3N2/c8-5-1-4(3-12-11)7(10)6(9)2-5/h1-2,12H,3,11H2. The lowest BCUT2D eigenvalue weighted by atomic mass is 10.2. The highest BCUT2D eigenvalue weighted by Gasteiger charge is 2.09. The highest BCUT2D eigenvalue weighted by atomic mass is 19.2. The summed E-state index contributed by atoms with van der Waals surface area (Å²) < 4.78 is 37.7. The van der Waals surface area contributed by atoms with E-state index in [1.807, 2.05) is 0 Å². The third-order valence-corrected chi connectivity index (χ3v) is 1.36. The van der Waals surface area contributed by atoms with Gasteiger partial charge in [-0.15, -0.1) is 0 Å². The molecule has 0 atom stereocenters. The normalized spacial score (nSPS) is 10.3. The molecule has 1 aromatic rings. The molecule has 1 aromatic carbocycles. The predicted octanol–water partition coefficient (Wildman–Crippen LogP) is 1.07. The first-order valence-electron chi connectivity index (χ1n) is 3.22. The first kappa shape index (κ1) is 9.02. The fourth-order valence-electron chi connectivity index (χ4n) is 0.848. The summed E-state index contributed by atoms with van der Waals surface area (Å²) in [5.74, 6) is 1.77. The number of hydrazine groups is 1. The summed E-state index contributed by atoms with van der Waals surface area (Å²) in [6, 6.07) is 1.37. The van der Waals surface area contributed by atoms with Crippen molar-refractivity contribution >= 4 is 0 Å². The molecule has 1 rings (SSSR count). The van der Waals surface area contributed by atoms with Crippen LogP contribution in [0.5, 0.6) is 0 Å². The van der Waals surface area contributed by atoms with Crippen LogP contribution < -0.4 is 11.3 Å². The van der Waals surface area contributed by atoms with E-state index >= 15 is 0 Å². The van der Waals surface area contributed by atoms with Gasteiger partial charge in [-0.2, -0.15) is 0 Å². The Kier molecular flexibility index (Phi) is 2.67. The fourth-order valence-corrected chi connectivity index (χ4v) is 0.848. The lowest BCUT2D eigenvalue weighted by molar-refractivity contribution is 0.480. The van der Waals surface area contributed by atoms with Crippen LogP contribution in [0.2, 0.25) is 0 Å². The van der Waals surface area contributed by atoms with Crippen molar-refractivity contribution < 1.29 is 13.2 Å². The molecule has 0 spiro atoms. The van der Waals surface area contributed by atoms with E-state index in [9.17, 15) is 13.2 Å². The van der Waals surface area contributed by atoms with E-state index in [4.69, 9.17) is 5.84 Å². The summed E-state index contributed by atoms with van der Waals surface area (Å²) in [4.78, 5) is 0. The molecule has 12 heavy (non-hydrogen) atoms. The Balaban J connectivity index is 3.09. The van der Waals surface area contributed by atoms with E-state index < -0.39 is 17.5 Å². The van der Waals surface area contributed by atoms with Crippen LogP contribution >= 0.6 is 0 Å². The maximum atomic E-state index is 12.7. The summed E-state index contributed by atoms with van der Waals surface area (Å²) >= 11 is 0. The number of nitrogens with two attached hydrogens (primary N) is 1.